The van der Waals surface area contributed by atoms with E-state index in [-0.39, 0.29) is 23.1 Å². The molecule has 1 aromatic carbocycles. The minimum absolute atomic E-state index is 0.0404. The molecule has 0 spiro atoms. The van der Waals surface area contributed by atoms with Crippen molar-refractivity contribution in [1.82, 2.24) is 10.1 Å². The summed E-state index contributed by atoms with van der Waals surface area (Å²) < 4.78 is 42.5. The van der Waals surface area contributed by atoms with Gasteiger partial charge in [-0.1, -0.05) is 5.16 Å². The molecule has 5 nitrogen and oxygen atoms in total. The highest BCUT2D eigenvalue weighted by molar-refractivity contribution is 5.56. The zero-order chi connectivity index (χ0) is 14.1. The summed E-state index contributed by atoms with van der Waals surface area (Å²) in [5, 5.41) is 3.80. The molecule has 106 valence electrons. The maximum atomic E-state index is 13.9. The van der Waals surface area contributed by atoms with Gasteiger partial charge in [-0.2, -0.15) is 9.37 Å². The van der Waals surface area contributed by atoms with Gasteiger partial charge in [-0.3, -0.25) is 0 Å². The fourth-order valence-electron chi connectivity index (χ4n) is 2.10. The zero-order valence-electron chi connectivity index (χ0n) is 10.7. The third-order valence-corrected chi connectivity index (χ3v) is 3.23. The lowest BCUT2D eigenvalue weighted by Crippen LogP contribution is -2.00. The summed E-state index contributed by atoms with van der Waals surface area (Å²) in [6, 6.07) is 2.66. The molecular weight excluding hydrogens is 270 g/mol. The van der Waals surface area contributed by atoms with Crippen LogP contribution in [0.15, 0.2) is 16.7 Å². The van der Waals surface area contributed by atoms with Gasteiger partial charge >= 0.3 is 0 Å². The van der Waals surface area contributed by atoms with Crippen LogP contribution in [0.5, 0.6) is 5.75 Å². The molecule has 1 saturated heterocycles. The van der Waals surface area contributed by atoms with E-state index in [1.54, 1.807) is 0 Å². The van der Waals surface area contributed by atoms with Crippen molar-refractivity contribution >= 4 is 0 Å². The van der Waals surface area contributed by atoms with Crippen LogP contribution >= 0.6 is 0 Å². The van der Waals surface area contributed by atoms with Crippen LogP contribution in [-0.2, 0) is 4.74 Å². The van der Waals surface area contributed by atoms with E-state index in [1.807, 2.05) is 0 Å². The summed E-state index contributed by atoms with van der Waals surface area (Å²) in [5.41, 5.74) is -0.0824. The largest absolute Gasteiger partial charge is 0.494 e. The Balaban J connectivity index is 1.95. The Morgan fingerprint density at radius 2 is 2.15 bits per heavy atom. The average Bonchev–Trinajstić information content (AvgIpc) is 3.11. The quantitative estimate of drug-likeness (QED) is 0.865. The Hall–Kier alpha value is -2.02. The second kappa shape index (κ2) is 5.16. The molecule has 7 heteroatoms. The number of rotatable bonds is 3. The van der Waals surface area contributed by atoms with E-state index in [1.165, 1.54) is 19.2 Å². The Kier molecular flexibility index (Phi) is 3.35. The van der Waals surface area contributed by atoms with Crippen LogP contribution in [0.4, 0.5) is 8.78 Å². The molecule has 2 heterocycles. The van der Waals surface area contributed by atoms with Crippen LogP contribution < -0.4 is 4.74 Å². The molecule has 0 N–H and O–H groups in total. The first-order valence-electron chi connectivity index (χ1n) is 6.14. The van der Waals surface area contributed by atoms with Gasteiger partial charge in [-0.15, -0.1) is 0 Å². The van der Waals surface area contributed by atoms with Gasteiger partial charge in [0.2, 0.25) is 5.82 Å². The molecule has 20 heavy (non-hydrogen) atoms. The SMILES string of the molecule is COc1ccc(-c2nc([C@@H]3CCOC3)no2)c(F)c1F. The summed E-state index contributed by atoms with van der Waals surface area (Å²) in [7, 11) is 1.27. The molecule has 2 aromatic rings. The fraction of sp³-hybridized carbons (Fsp3) is 0.385. The van der Waals surface area contributed by atoms with Crippen molar-refractivity contribution in [2.45, 2.75) is 12.3 Å². The van der Waals surface area contributed by atoms with Gasteiger partial charge in [0.05, 0.1) is 19.3 Å². The molecule has 0 aliphatic carbocycles. The molecule has 0 bridgehead atoms. The minimum Gasteiger partial charge on any atom is -0.494 e. The van der Waals surface area contributed by atoms with Crippen molar-refractivity contribution < 1.29 is 22.8 Å². The van der Waals surface area contributed by atoms with Crippen molar-refractivity contribution in [3.05, 3.63) is 29.6 Å². The number of aromatic nitrogens is 2. The first-order valence-corrected chi connectivity index (χ1v) is 6.14. The molecule has 0 saturated carbocycles. The van der Waals surface area contributed by atoms with E-state index in [0.29, 0.717) is 19.0 Å². The first kappa shape index (κ1) is 13.0. The lowest BCUT2D eigenvalue weighted by molar-refractivity contribution is 0.192. The normalized spacial score (nSPS) is 18.4. The van der Waals surface area contributed by atoms with E-state index in [0.717, 1.165) is 6.42 Å². The second-order valence-corrected chi connectivity index (χ2v) is 4.46. The maximum Gasteiger partial charge on any atom is 0.261 e. The summed E-state index contributed by atoms with van der Waals surface area (Å²) >= 11 is 0. The highest BCUT2D eigenvalue weighted by Gasteiger charge is 2.25. The van der Waals surface area contributed by atoms with Gasteiger partial charge in [0.15, 0.2) is 17.4 Å². The smallest absolute Gasteiger partial charge is 0.261 e. The maximum absolute atomic E-state index is 13.9. The second-order valence-electron chi connectivity index (χ2n) is 4.46. The van der Waals surface area contributed by atoms with Gasteiger partial charge in [-0.25, -0.2) is 4.39 Å². The highest BCUT2D eigenvalue weighted by atomic mass is 19.2. The average molecular weight is 282 g/mol. The van der Waals surface area contributed by atoms with Crippen LogP contribution in [0.25, 0.3) is 11.5 Å². The lowest BCUT2D eigenvalue weighted by Gasteiger charge is -2.04. The Bertz CT molecular complexity index is 624. The third-order valence-electron chi connectivity index (χ3n) is 3.23. The summed E-state index contributed by atoms with van der Waals surface area (Å²) in [6.45, 7) is 1.15. The lowest BCUT2D eigenvalue weighted by atomic mass is 10.1. The molecule has 0 unspecified atom stereocenters. The Morgan fingerprint density at radius 3 is 2.85 bits per heavy atom. The summed E-state index contributed by atoms with van der Waals surface area (Å²) in [4.78, 5) is 4.11. The van der Waals surface area contributed by atoms with Crippen LogP contribution in [0.2, 0.25) is 0 Å². The van der Waals surface area contributed by atoms with Crippen molar-refractivity contribution in [3.63, 3.8) is 0 Å². The van der Waals surface area contributed by atoms with Gasteiger partial charge in [-0.05, 0) is 18.6 Å². The standard InChI is InChI=1S/C13H12F2N2O3/c1-18-9-3-2-8(10(14)11(9)15)13-16-12(17-20-13)7-4-5-19-6-7/h2-3,7H,4-6H2,1H3/t7-/m1/s1. The van der Waals surface area contributed by atoms with E-state index in [2.05, 4.69) is 10.1 Å². The molecule has 1 fully saturated rings. The molecule has 1 aliphatic heterocycles. The Morgan fingerprint density at radius 1 is 1.30 bits per heavy atom. The fourth-order valence-corrected chi connectivity index (χ4v) is 2.10. The minimum atomic E-state index is -1.08. The number of ether oxygens (including phenoxy) is 2. The number of hydrogen-bond acceptors (Lipinski definition) is 5. The predicted octanol–water partition coefficient (Wildman–Crippen LogP) is 2.53. The highest BCUT2D eigenvalue weighted by Crippen LogP contribution is 2.30. The Labute approximate surface area is 113 Å². The van der Waals surface area contributed by atoms with Crippen LogP contribution in [0.1, 0.15) is 18.2 Å². The predicted molar refractivity (Wildman–Crippen MR) is 64.4 cm³/mol. The van der Waals surface area contributed by atoms with E-state index in [4.69, 9.17) is 14.0 Å². The van der Waals surface area contributed by atoms with Gasteiger partial charge in [0.25, 0.3) is 5.89 Å². The number of methoxy groups -OCH3 is 1. The van der Waals surface area contributed by atoms with Crippen molar-refractivity contribution in [1.29, 1.82) is 0 Å². The summed E-state index contributed by atoms with van der Waals surface area (Å²) in [6.07, 6.45) is 0.790. The number of benzene rings is 1. The van der Waals surface area contributed by atoms with Gasteiger partial charge < -0.3 is 14.0 Å². The summed E-state index contributed by atoms with van der Waals surface area (Å²) in [5.74, 6) is -1.87. The van der Waals surface area contributed by atoms with Crippen molar-refractivity contribution in [2.75, 3.05) is 20.3 Å². The van der Waals surface area contributed by atoms with E-state index >= 15 is 0 Å². The van der Waals surface area contributed by atoms with E-state index in [9.17, 15) is 8.78 Å². The molecule has 0 amide bonds. The van der Waals surface area contributed by atoms with Crippen LogP contribution in [0, 0.1) is 11.6 Å². The molecule has 1 aliphatic rings. The molecule has 1 aromatic heterocycles. The van der Waals surface area contributed by atoms with Crippen molar-refractivity contribution in [3.8, 4) is 17.2 Å². The molecular formula is C13H12F2N2O3. The van der Waals surface area contributed by atoms with Crippen molar-refractivity contribution in [2.24, 2.45) is 0 Å². The molecule has 3 rings (SSSR count). The third kappa shape index (κ3) is 2.14. The molecule has 0 radical (unpaired) electrons. The molecule has 1 atom stereocenters. The van der Waals surface area contributed by atoms with Gasteiger partial charge in [0, 0.05) is 12.5 Å². The first-order chi connectivity index (χ1) is 9.70. The van der Waals surface area contributed by atoms with Crippen LogP contribution in [0.3, 0.4) is 0 Å². The van der Waals surface area contributed by atoms with Gasteiger partial charge in [0.1, 0.15) is 0 Å². The zero-order valence-corrected chi connectivity index (χ0v) is 10.7. The monoisotopic (exact) mass is 282 g/mol. The number of hydrogen-bond donors (Lipinski definition) is 0. The topological polar surface area (TPSA) is 57.4 Å². The van der Waals surface area contributed by atoms with E-state index < -0.39 is 11.6 Å². The number of nitrogens with zero attached hydrogens (tertiary/aromatic N) is 2. The van der Waals surface area contributed by atoms with Crippen LogP contribution in [-0.4, -0.2) is 30.5 Å². The number of halogens is 2.